The Balaban J connectivity index is 2.45. The lowest BCUT2D eigenvalue weighted by Crippen LogP contribution is -1.96. The summed E-state index contributed by atoms with van der Waals surface area (Å²) < 4.78 is 6.43. The van der Waals surface area contributed by atoms with E-state index in [1.807, 2.05) is 0 Å². The molecule has 0 spiro atoms. The maximum absolute atomic E-state index is 10.7. The number of nitrogens with zero attached hydrogens (tertiary/aromatic N) is 3. The second kappa shape index (κ2) is 4.59. The molecule has 0 aliphatic carbocycles. The zero-order valence-corrected chi connectivity index (χ0v) is 9.49. The number of carboxylic acid groups (broad SMARTS) is 1. The second-order valence-electron chi connectivity index (χ2n) is 3.45. The molecule has 1 heterocycles. The van der Waals surface area contributed by atoms with Crippen LogP contribution in [0.15, 0.2) is 30.6 Å². The summed E-state index contributed by atoms with van der Waals surface area (Å²) in [6.45, 7) is 7.04. The van der Waals surface area contributed by atoms with Gasteiger partial charge >= 0.3 is 5.97 Å². The van der Waals surface area contributed by atoms with E-state index in [0.29, 0.717) is 17.1 Å². The average molecular weight is 243 g/mol. The Bertz CT molecular complexity index is 640. The molecule has 0 amide bonds. The van der Waals surface area contributed by atoms with E-state index in [1.165, 1.54) is 24.2 Å². The summed E-state index contributed by atoms with van der Waals surface area (Å²) in [5.41, 5.74) is 1.05. The summed E-state index contributed by atoms with van der Waals surface area (Å²) in [4.78, 5) is 14.1. The van der Waals surface area contributed by atoms with Crippen molar-refractivity contribution < 1.29 is 14.6 Å². The lowest BCUT2D eigenvalue weighted by molar-refractivity contribution is 0.0697. The molecule has 90 valence electrons. The van der Waals surface area contributed by atoms with Crippen LogP contribution in [0.4, 0.5) is 5.69 Å². The Hall–Kier alpha value is -2.81. The lowest BCUT2D eigenvalue weighted by Gasteiger charge is -2.05. The number of carboxylic acids is 1. The Kier molecular flexibility index (Phi) is 2.98. The van der Waals surface area contributed by atoms with E-state index >= 15 is 0 Å². The first-order chi connectivity index (χ1) is 8.65. The number of methoxy groups -OCH3 is 1. The summed E-state index contributed by atoms with van der Waals surface area (Å²) in [7, 11) is 1.49. The van der Waals surface area contributed by atoms with Crippen LogP contribution in [-0.2, 0) is 0 Å². The monoisotopic (exact) mass is 243 g/mol. The van der Waals surface area contributed by atoms with Crippen LogP contribution >= 0.6 is 0 Å². The zero-order valence-electron chi connectivity index (χ0n) is 9.49. The highest BCUT2D eigenvalue weighted by atomic mass is 16.5. The van der Waals surface area contributed by atoms with Crippen LogP contribution < -0.4 is 4.74 Å². The Morgan fingerprint density at radius 1 is 1.56 bits per heavy atom. The molecule has 1 aromatic carbocycles. The van der Waals surface area contributed by atoms with Crippen molar-refractivity contribution in [1.29, 1.82) is 0 Å². The van der Waals surface area contributed by atoms with E-state index < -0.39 is 5.97 Å². The van der Waals surface area contributed by atoms with E-state index in [9.17, 15) is 4.79 Å². The summed E-state index contributed by atoms with van der Waals surface area (Å²) in [6.07, 6.45) is 2.64. The molecule has 0 bridgehead atoms. The van der Waals surface area contributed by atoms with Crippen LogP contribution in [0.1, 0.15) is 10.4 Å². The first-order valence-corrected chi connectivity index (χ1v) is 4.99. The highest BCUT2D eigenvalue weighted by Crippen LogP contribution is 2.29. The smallest absolute Gasteiger partial charge is 0.338 e. The number of hydrogen-bond acceptors (Lipinski definition) is 3. The van der Waals surface area contributed by atoms with Gasteiger partial charge in [-0.15, -0.1) is 0 Å². The SMILES string of the molecule is [C-]#[N+]c1cc(-n2cc(C(=O)O)cn2)ccc1OC. The van der Waals surface area contributed by atoms with E-state index in [2.05, 4.69) is 9.94 Å². The van der Waals surface area contributed by atoms with Crippen molar-refractivity contribution in [2.24, 2.45) is 0 Å². The maximum atomic E-state index is 10.7. The first kappa shape index (κ1) is 11.7. The molecule has 2 aromatic rings. The minimum absolute atomic E-state index is 0.0928. The van der Waals surface area contributed by atoms with Gasteiger partial charge in [0.05, 0.1) is 31.1 Å². The van der Waals surface area contributed by atoms with Crippen molar-refractivity contribution in [2.45, 2.75) is 0 Å². The average Bonchev–Trinajstić information content (AvgIpc) is 2.87. The van der Waals surface area contributed by atoms with Crippen LogP contribution in [0.3, 0.4) is 0 Å². The molecule has 2 rings (SSSR count). The van der Waals surface area contributed by atoms with Crippen molar-refractivity contribution in [3.05, 3.63) is 47.6 Å². The summed E-state index contributed by atoms with van der Waals surface area (Å²) in [5.74, 6) is -0.570. The second-order valence-corrected chi connectivity index (χ2v) is 3.45. The maximum Gasteiger partial charge on any atom is 0.338 e. The molecule has 0 saturated heterocycles. The van der Waals surface area contributed by atoms with Gasteiger partial charge in [-0.3, -0.25) is 0 Å². The minimum Gasteiger partial charge on any atom is -0.508 e. The number of ether oxygens (including phenoxy) is 1. The van der Waals surface area contributed by atoms with Crippen molar-refractivity contribution in [3.8, 4) is 11.4 Å². The first-order valence-electron chi connectivity index (χ1n) is 4.99. The molecule has 18 heavy (non-hydrogen) atoms. The fraction of sp³-hybridized carbons (Fsp3) is 0.0833. The molecule has 0 saturated carbocycles. The molecule has 1 aromatic heterocycles. The Morgan fingerprint density at radius 2 is 2.33 bits per heavy atom. The van der Waals surface area contributed by atoms with Crippen LogP contribution in [0.2, 0.25) is 0 Å². The highest BCUT2D eigenvalue weighted by molar-refractivity contribution is 5.87. The van der Waals surface area contributed by atoms with Crippen molar-refractivity contribution in [1.82, 2.24) is 9.78 Å². The molecule has 0 fully saturated rings. The van der Waals surface area contributed by atoms with Gasteiger partial charge in [0, 0.05) is 6.20 Å². The molecule has 6 nitrogen and oxygen atoms in total. The molecule has 0 radical (unpaired) electrons. The predicted octanol–water partition coefficient (Wildman–Crippen LogP) is 2.13. The quantitative estimate of drug-likeness (QED) is 0.838. The van der Waals surface area contributed by atoms with Crippen molar-refractivity contribution in [2.75, 3.05) is 7.11 Å². The standard InChI is InChI=1S/C12H9N3O3/c1-13-10-5-9(3-4-11(10)18-2)15-7-8(6-14-15)12(16)17/h3-7H,2H3,(H,16,17). The normalized spacial score (nSPS) is 9.78. The molecule has 0 unspecified atom stereocenters. The van der Waals surface area contributed by atoms with Gasteiger partial charge in [0.25, 0.3) is 0 Å². The van der Waals surface area contributed by atoms with Crippen LogP contribution in [0.5, 0.6) is 5.75 Å². The van der Waals surface area contributed by atoms with Gasteiger partial charge in [0.2, 0.25) is 5.69 Å². The third kappa shape index (κ3) is 2.01. The van der Waals surface area contributed by atoms with Crippen molar-refractivity contribution >= 4 is 11.7 Å². The van der Waals surface area contributed by atoms with E-state index in [1.54, 1.807) is 18.2 Å². The van der Waals surface area contributed by atoms with E-state index in [4.69, 9.17) is 16.4 Å². The van der Waals surface area contributed by atoms with Gasteiger partial charge in [0.15, 0.2) is 0 Å². The topological polar surface area (TPSA) is 68.7 Å². The number of carbonyl (C=O) groups is 1. The van der Waals surface area contributed by atoms with Crippen LogP contribution in [-0.4, -0.2) is 28.0 Å². The van der Waals surface area contributed by atoms with Crippen LogP contribution in [0, 0.1) is 6.57 Å². The number of aromatic nitrogens is 2. The molecule has 0 aliphatic rings. The number of aromatic carboxylic acids is 1. The number of rotatable bonds is 3. The largest absolute Gasteiger partial charge is 0.508 e. The number of benzene rings is 1. The summed E-state index contributed by atoms with van der Waals surface area (Å²) >= 11 is 0. The van der Waals surface area contributed by atoms with Gasteiger partial charge in [-0.25, -0.2) is 14.3 Å². The molecule has 0 atom stereocenters. The van der Waals surface area contributed by atoms with Crippen molar-refractivity contribution in [3.63, 3.8) is 0 Å². The number of hydrogen-bond donors (Lipinski definition) is 1. The molecule has 0 aliphatic heterocycles. The molecular weight excluding hydrogens is 234 g/mol. The fourth-order valence-corrected chi connectivity index (χ4v) is 1.48. The van der Waals surface area contributed by atoms with Gasteiger partial charge in [0.1, 0.15) is 5.75 Å². The zero-order chi connectivity index (χ0) is 13.1. The Labute approximate surface area is 103 Å². The molecule has 6 heteroatoms. The van der Waals surface area contributed by atoms with E-state index in [0.717, 1.165) is 0 Å². The van der Waals surface area contributed by atoms with Gasteiger partial charge in [-0.2, -0.15) is 5.10 Å². The summed E-state index contributed by atoms with van der Waals surface area (Å²) in [6, 6.07) is 4.93. The predicted molar refractivity (Wildman–Crippen MR) is 63.3 cm³/mol. The summed E-state index contributed by atoms with van der Waals surface area (Å²) in [5, 5.41) is 12.7. The molecular formula is C12H9N3O3. The van der Waals surface area contributed by atoms with E-state index in [-0.39, 0.29) is 5.56 Å². The van der Waals surface area contributed by atoms with Crippen LogP contribution in [0.25, 0.3) is 10.5 Å². The Morgan fingerprint density at radius 3 is 2.89 bits per heavy atom. The minimum atomic E-state index is -1.04. The third-order valence-corrected chi connectivity index (χ3v) is 2.38. The van der Waals surface area contributed by atoms with Gasteiger partial charge in [-0.05, 0) is 18.2 Å². The fourth-order valence-electron chi connectivity index (χ4n) is 1.48. The molecule has 1 N–H and O–H groups in total. The van der Waals surface area contributed by atoms with Gasteiger partial charge in [-0.1, -0.05) is 0 Å². The van der Waals surface area contributed by atoms with Gasteiger partial charge < -0.3 is 9.84 Å². The lowest BCUT2D eigenvalue weighted by atomic mass is 10.2. The highest BCUT2D eigenvalue weighted by Gasteiger charge is 2.09. The third-order valence-electron chi connectivity index (χ3n) is 2.38.